The van der Waals surface area contributed by atoms with Crippen molar-refractivity contribution in [3.8, 4) is 0 Å². The van der Waals surface area contributed by atoms with Gasteiger partial charge in [-0.15, -0.1) is 0 Å². The average Bonchev–Trinajstić information content (AvgIpc) is 2.83. The predicted octanol–water partition coefficient (Wildman–Crippen LogP) is 4.30. The number of anilines is 1. The second-order valence-electron chi connectivity index (χ2n) is 7.81. The van der Waals surface area contributed by atoms with Crippen molar-refractivity contribution < 1.29 is 23.9 Å². The van der Waals surface area contributed by atoms with Crippen molar-refractivity contribution in [2.24, 2.45) is 10.9 Å². The fourth-order valence-corrected chi connectivity index (χ4v) is 4.15. The maximum Gasteiger partial charge on any atom is 0.336 e. The first-order valence-electron chi connectivity index (χ1n) is 10.7. The fraction of sp³-hybridized carbons (Fsp3) is 0.308. The van der Waals surface area contributed by atoms with E-state index in [0.29, 0.717) is 28.2 Å². The molecule has 33 heavy (non-hydrogen) atoms. The molecule has 2 aromatic carbocycles. The van der Waals surface area contributed by atoms with Crippen LogP contribution in [-0.4, -0.2) is 37.8 Å². The number of ether oxygens (including phenoxy) is 2. The molecule has 0 aromatic heterocycles. The van der Waals surface area contributed by atoms with E-state index >= 15 is 0 Å². The van der Waals surface area contributed by atoms with Gasteiger partial charge in [0.15, 0.2) is 0 Å². The van der Waals surface area contributed by atoms with Crippen LogP contribution in [0.4, 0.5) is 5.69 Å². The van der Waals surface area contributed by atoms with Crippen molar-refractivity contribution in [3.63, 3.8) is 0 Å². The molecule has 0 spiro atoms. The Morgan fingerprint density at radius 3 is 2.24 bits per heavy atom. The van der Waals surface area contributed by atoms with Gasteiger partial charge in [-0.3, -0.25) is 14.6 Å². The molecule has 7 heteroatoms. The van der Waals surface area contributed by atoms with Crippen LogP contribution < -0.4 is 5.32 Å². The number of nitrogens with one attached hydrogen (secondary N) is 1. The molecule has 0 saturated carbocycles. The van der Waals surface area contributed by atoms with Crippen molar-refractivity contribution in [1.82, 2.24) is 0 Å². The van der Waals surface area contributed by atoms with Gasteiger partial charge in [0.25, 0.3) is 5.91 Å². The van der Waals surface area contributed by atoms with Crippen molar-refractivity contribution in [1.29, 1.82) is 0 Å². The van der Waals surface area contributed by atoms with E-state index in [1.807, 2.05) is 19.1 Å². The maximum atomic E-state index is 13.0. The van der Waals surface area contributed by atoms with Crippen LogP contribution in [-0.2, 0) is 25.5 Å². The molecule has 172 valence electrons. The summed E-state index contributed by atoms with van der Waals surface area (Å²) in [5.74, 6) is -2.97. The van der Waals surface area contributed by atoms with Crippen LogP contribution in [0, 0.1) is 5.92 Å². The van der Waals surface area contributed by atoms with Gasteiger partial charge in [0.2, 0.25) is 0 Å². The molecule has 0 radical (unpaired) electrons. The Morgan fingerprint density at radius 1 is 0.970 bits per heavy atom. The van der Waals surface area contributed by atoms with Crippen molar-refractivity contribution >= 4 is 29.2 Å². The van der Waals surface area contributed by atoms with Crippen molar-refractivity contribution in [3.05, 3.63) is 76.5 Å². The van der Waals surface area contributed by atoms with Crippen LogP contribution in [0.15, 0.2) is 64.8 Å². The van der Waals surface area contributed by atoms with Gasteiger partial charge in [-0.05, 0) is 49.6 Å². The predicted molar refractivity (Wildman–Crippen MR) is 126 cm³/mol. The highest BCUT2D eigenvalue weighted by Gasteiger charge is 2.43. The summed E-state index contributed by atoms with van der Waals surface area (Å²) < 4.78 is 10.1. The molecule has 2 unspecified atom stereocenters. The summed E-state index contributed by atoms with van der Waals surface area (Å²) in [4.78, 5) is 42.9. The average molecular weight is 449 g/mol. The first kappa shape index (κ1) is 23.9. The minimum Gasteiger partial charge on any atom is -0.468 e. The number of carbonyl (C=O) groups excluding carboxylic acids is 3. The second kappa shape index (κ2) is 10.3. The molecule has 1 aliphatic rings. The molecule has 0 fully saturated rings. The summed E-state index contributed by atoms with van der Waals surface area (Å²) >= 11 is 0. The van der Waals surface area contributed by atoms with Crippen LogP contribution in [0.5, 0.6) is 0 Å². The minimum atomic E-state index is -0.838. The van der Waals surface area contributed by atoms with E-state index in [2.05, 4.69) is 10.3 Å². The Kier molecular flexibility index (Phi) is 7.43. The third-order valence-electron chi connectivity index (χ3n) is 5.86. The van der Waals surface area contributed by atoms with Gasteiger partial charge in [0, 0.05) is 28.6 Å². The van der Waals surface area contributed by atoms with Gasteiger partial charge in [-0.2, -0.15) is 0 Å². The van der Waals surface area contributed by atoms with E-state index in [9.17, 15) is 14.4 Å². The number of aryl methyl sites for hydroxylation is 1. The Bertz CT molecular complexity index is 1130. The summed E-state index contributed by atoms with van der Waals surface area (Å²) in [7, 11) is 2.58. The number of rotatable bonds is 6. The molecule has 0 bridgehead atoms. The monoisotopic (exact) mass is 448 g/mol. The molecule has 1 amide bonds. The number of esters is 2. The van der Waals surface area contributed by atoms with Gasteiger partial charge >= 0.3 is 11.9 Å². The lowest BCUT2D eigenvalue weighted by Crippen LogP contribution is -2.36. The van der Waals surface area contributed by atoms with Crippen LogP contribution in [0.2, 0.25) is 0 Å². The summed E-state index contributed by atoms with van der Waals surface area (Å²) in [6.45, 7) is 5.47. The molecule has 3 rings (SSSR count). The smallest absolute Gasteiger partial charge is 0.336 e. The molecular formula is C26H28N2O5. The number of benzene rings is 2. The lowest BCUT2D eigenvalue weighted by Gasteiger charge is -2.32. The lowest BCUT2D eigenvalue weighted by molar-refractivity contribution is -0.143. The van der Waals surface area contributed by atoms with Gasteiger partial charge < -0.3 is 14.8 Å². The summed E-state index contributed by atoms with van der Waals surface area (Å²) in [6, 6.07) is 14.5. The zero-order valence-corrected chi connectivity index (χ0v) is 19.5. The van der Waals surface area contributed by atoms with Crippen molar-refractivity contribution in [2.45, 2.75) is 33.1 Å². The molecule has 7 nitrogen and oxygen atoms in total. The largest absolute Gasteiger partial charge is 0.468 e. The van der Waals surface area contributed by atoms with E-state index < -0.39 is 23.8 Å². The van der Waals surface area contributed by atoms with E-state index in [0.717, 1.165) is 12.0 Å². The number of allylic oxidation sites excluding steroid dienone is 1. The zero-order chi connectivity index (χ0) is 24.1. The summed E-state index contributed by atoms with van der Waals surface area (Å²) in [5, 5.41) is 2.94. The molecule has 0 saturated heterocycles. The first-order valence-corrected chi connectivity index (χ1v) is 10.7. The Hall–Kier alpha value is -3.74. The van der Waals surface area contributed by atoms with Crippen molar-refractivity contribution in [2.75, 3.05) is 19.5 Å². The standard InChI is InChI=1S/C26H28N2O5/c1-6-17-11-13-18(14-12-17)24(29)28-20-10-8-7-9-19(20)23-21(25(30)32-4)15(2)27-16(3)22(23)26(31)33-5/h7-14,21,23H,6H2,1-5H3,(H,28,29). The molecule has 2 atom stereocenters. The number of aliphatic imine (C=N–C) groups is 1. The number of carbonyl (C=O) groups is 3. The van der Waals surface area contributed by atoms with Gasteiger partial charge in [-0.1, -0.05) is 37.3 Å². The molecule has 1 N–H and O–H groups in total. The highest BCUT2D eigenvalue weighted by molar-refractivity contribution is 6.08. The normalized spacial score (nSPS) is 17.8. The number of amides is 1. The third kappa shape index (κ3) is 4.87. The Labute approximate surface area is 193 Å². The zero-order valence-electron chi connectivity index (χ0n) is 19.5. The second-order valence-corrected chi connectivity index (χ2v) is 7.81. The van der Waals surface area contributed by atoms with E-state index in [1.165, 1.54) is 14.2 Å². The third-order valence-corrected chi connectivity index (χ3v) is 5.86. The van der Waals surface area contributed by atoms with Crippen LogP contribution in [0.25, 0.3) is 0 Å². The molecule has 1 heterocycles. The van der Waals surface area contributed by atoms with Crippen LogP contribution in [0.1, 0.15) is 48.2 Å². The molecule has 1 aliphatic heterocycles. The summed E-state index contributed by atoms with van der Waals surface area (Å²) in [6.07, 6.45) is 0.879. The first-order chi connectivity index (χ1) is 15.8. The number of hydrogen-bond acceptors (Lipinski definition) is 6. The number of methoxy groups -OCH3 is 2. The molecule has 0 aliphatic carbocycles. The van der Waals surface area contributed by atoms with E-state index in [4.69, 9.17) is 9.47 Å². The lowest BCUT2D eigenvalue weighted by atomic mass is 9.75. The number of nitrogens with zero attached hydrogens (tertiary/aromatic N) is 1. The Morgan fingerprint density at radius 2 is 1.64 bits per heavy atom. The van der Waals surface area contributed by atoms with Crippen LogP contribution in [0.3, 0.4) is 0 Å². The highest BCUT2D eigenvalue weighted by Crippen LogP contribution is 2.42. The number of hydrogen-bond donors (Lipinski definition) is 1. The van der Waals surface area contributed by atoms with Gasteiger partial charge in [0.1, 0.15) is 5.92 Å². The maximum absolute atomic E-state index is 13.0. The summed E-state index contributed by atoms with van der Waals surface area (Å²) in [5.41, 5.74) is 3.97. The van der Waals surface area contributed by atoms with E-state index in [1.54, 1.807) is 50.2 Å². The number of para-hydroxylation sites is 1. The van der Waals surface area contributed by atoms with E-state index in [-0.39, 0.29) is 11.5 Å². The molecule has 2 aromatic rings. The highest BCUT2D eigenvalue weighted by atomic mass is 16.5. The van der Waals surface area contributed by atoms with Crippen LogP contribution >= 0.6 is 0 Å². The van der Waals surface area contributed by atoms with Gasteiger partial charge in [0.05, 0.1) is 19.8 Å². The minimum absolute atomic E-state index is 0.257. The van der Waals surface area contributed by atoms with Gasteiger partial charge in [-0.25, -0.2) is 4.79 Å². The fourth-order valence-electron chi connectivity index (χ4n) is 4.15. The quantitative estimate of drug-likeness (QED) is 0.665. The topological polar surface area (TPSA) is 94.1 Å². The Balaban J connectivity index is 2.09. The molecular weight excluding hydrogens is 420 g/mol. The SMILES string of the molecule is CCc1ccc(C(=O)Nc2ccccc2C2C(C(=O)OC)=C(C)N=C(C)C2C(=O)OC)cc1.